The van der Waals surface area contributed by atoms with Crippen molar-refractivity contribution in [3.8, 4) is 0 Å². The molecule has 0 saturated carbocycles. The summed E-state index contributed by atoms with van der Waals surface area (Å²) in [6.45, 7) is 9.83. The molecule has 0 N–H and O–H groups in total. The van der Waals surface area contributed by atoms with Crippen LogP contribution in [-0.2, 0) is 9.31 Å². The van der Waals surface area contributed by atoms with Crippen molar-refractivity contribution in [3.63, 3.8) is 0 Å². The number of rotatable bonds is 1. The lowest BCUT2D eigenvalue weighted by Gasteiger charge is -2.37. The standard InChI is InChI=1S/C8H15BO2/c1-5-9-10-7(2)6-8(3,4)11-9/h5,7H,1,6H2,2-4H3/t7-/m1/s1. The average Bonchev–Trinajstić information content (AvgIpc) is 1.83. The van der Waals surface area contributed by atoms with Crippen molar-refractivity contribution in [1.29, 1.82) is 0 Å². The molecule has 1 rings (SSSR count). The van der Waals surface area contributed by atoms with Gasteiger partial charge >= 0.3 is 7.12 Å². The van der Waals surface area contributed by atoms with Crippen molar-refractivity contribution in [2.45, 2.75) is 38.9 Å². The first kappa shape index (κ1) is 8.82. The van der Waals surface area contributed by atoms with E-state index in [4.69, 9.17) is 9.31 Å². The molecule has 11 heavy (non-hydrogen) atoms. The zero-order chi connectivity index (χ0) is 8.48. The van der Waals surface area contributed by atoms with Gasteiger partial charge in [0.1, 0.15) is 0 Å². The molecule has 1 aliphatic heterocycles. The molecule has 0 bridgehead atoms. The molecule has 0 aromatic rings. The second-order valence-corrected chi connectivity index (χ2v) is 3.63. The molecule has 1 atom stereocenters. The van der Waals surface area contributed by atoms with Gasteiger partial charge in [-0.3, -0.25) is 0 Å². The largest absolute Gasteiger partial charge is 0.486 e. The van der Waals surface area contributed by atoms with E-state index in [1.165, 1.54) is 0 Å². The van der Waals surface area contributed by atoms with Gasteiger partial charge in [0.25, 0.3) is 0 Å². The highest BCUT2D eigenvalue weighted by Crippen LogP contribution is 2.25. The average molecular weight is 154 g/mol. The van der Waals surface area contributed by atoms with Crippen LogP contribution >= 0.6 is 0 Å². The first-order chi connectivity index (χ1) is 5.03. The van der Waals surface area contributed by atoms with Gasteiger partial charge in [0.05, 0.1) is 5.60 Å². The summed E-state index contributed by atoms with van der Waals surface area (Å²) in [6, 6.07) is 0. The molecule has 62 valence electrons. The zero-order valence-electron chi connectivity index (χ0n) is 7.46. The van der Waals surface area contributed by atoms with E-state index in [0.29, 0.717) is 0 Å². The minimum atomic E-state index is -0.228. The highest BCUT2D eigenvalue weighted by molar-refractivity contribution is 6.50. The van der Waals surface area contributed by atoms with Crippen molar-refractivity contribution in [1.82, 2.24) is 0 Å². The SMILES string of the molecule is C=CB1O[C@H](C)CC(C)(C)O1. The van der Waals surface area contributed by atoms with Crippen LogP contribution in [0.25, 0.3) is 0 Å². The molecule has 0 aliphatic carbocycles. The van der Waals surface area contributed by atoms with E-state index in [0.717, 1.165) is 6.42 Å². The molecule has 1 saturated heterocycles. The third-order valence-electron chi connectivity index (χ3n) is 1.77. The smallest absolute Gasteiger partial charge is 0.405 e. The molecule has 2 nitrogen and oxygen atoms in total. The molecule has 1 fully saturated rings. The Balaban J connectivity index is 2.57. The summed E-state index contributed by atoms with van der Waals surface area (Å²) in [5.74, 6) is 1.69. The predicted molar refractivity (Wildman–Crippen MR) is 46.3 cm³/mol. The van der Waals surface area contributed by atoms with Crippen LogP contribution < -0.4 is 0 Å². The van der Waals surface area contributed by atoms with Crippen LogP contribution in [0.15, 0.2) is 12.6 Å². The van der Waals surface area contributed by atoms with Gasteiger partial charge in [0.15, 0.2) is 0 Å². The normalized spacial score (nSPS) is 30.1. The molecule has 0 radical (unpaired) electrons. The van der Waals surface area contributed by atoms with Gasteiger partial charge < -0.3 is 9.31 Å². The summed E-state index contributed by atoms with van der Waals surface area (Å²) in [5.41, 5.74) is -0.0729. The second kappa shape index (κ2) is 2.99. The minimum Gasteiger partial charge on any atom is -0.405 e. The highest BCUT2D eigenvalue weighted by Gasteiger charge is 2.34. The Kier molecular flexibility index (Phi) is 2.40. The summed E-state index contributed by atoms with van der Waals surface area (Å²) in [5, 5.41) is 0. The first-order valence-corrected chi connectivity index (χ1v) is 3.99. The van der Waals surface area contributed by atoms with Crippen molar-refractivity contribution < 1.29 is 9.31 Å². The fraction of sp³-hybridized carbons (Fsp3) is 0.750. The molecule has 3 heteroatoms. The van der Waals surface area contributed by atoms with Crippen LogP contribution in [0.3, 0.4) is 0 Å². The lowest BCUT2D eigenvalue weighted by atomic mass is 9.83. The summed E-state index contributed by atoms with van der Waals surface area (Å²) in [6.07, 6.45) is 1.21. The van der Waals surface area contributed by atoms with Gasteiger partial charge in [-0.05, 0) is 27.2 Å². The Bertz CT molecular complexity index is 156. The molecule has 0 aromatic carbocycles. The van der Waals surface area contributed by atoms with Gasteiger partial charge in [-0.25, -0.2) is 0 Å². The summed E-state index contributed by atoms with van der Waals surface area (Å²) in [4.78, 5) is 0. The second-order valence-electron chi connectivity index (χ2n) is 3.63. The van der Waals surface area contributed by atoms with Crippen LogP contribution in [0.1, 0.15) is 27.2 Å². The minimum absolute atomic E-state index is 0.0729. The third-order valence-corrected chi connectivity index (χ3v) is 1.77. The first-order valence-electron chi connectivity index (χ1n) is 3.99. The van der Waals surface area contributed by atoms with E-state index in [9.17, 15) is 0 Å². The van der Waals surface area contributed by atoms with Crippen LogP contribution in [-0.4, -0.2) is 18.8 Å². The molecular formula is C8H15BO2. The molecule has 0 unspecified atom stereocenters. The van der Waals surface area contributed by atoms with Crippen LogP contribution in [0, 0.1) is 0 Å². The summed E-state index contributed by atoms with van der Waals surface area (Å²) < 4.78 is 11.0. The molecular weight excluding hydrogens is 139 g/mol. The lowest BCUT2D eigenvalue weighted by molar-refractivity contribution is -0.0236. The van der Waals surface area contributed by atoms with Gasteiger partial charge in [-0.2, -0.15) is 0 Å². The Hall–Kier alpha value is -0.275. The molecule has 1 aliphatic rings. The molecule has 1 heterocycles. The maximum absolute atomic E-state index is 5.55. The summed E-state index contributed by atoms with van der Waals surface area (Å²) >= 11 is 0. The quantitative estimate of drug-likeness (QED) is 0.536. The molecule has 0 aromatic heterocycles. The van der Waals surface area contributed by atoms with Crippen LogP contribution in [0.4, 0.5) is 0 Å². The fourth-order valence-electron chi connectivity index (χ4n) is 1.46. The Morgan fingerprint density at radius 3 is 2.73 bits per heavy atom. The van der Waals surface area contributed by atoms with Crippen molar-refractivity contribution in [3.05, 3.63) is 12.6 Å². The Morgan fingerprint density at radius 2 is 2.27 bits per heavy atom. The highest BCUT2D eigenvalue weighted by atomic mass is 16.6. The van der Waals surface area contributed by atoms with E-state index >= 15 is 0 Å². The fourth-order valence-corrected chi connectivity index (χ4v) is 1.46. The molecule has 0 spiro atoms. The number of hydrogen-bond donors (Lipinski definition) is 0. The van der Waals surface area contributed by atoms with Crippen LogP contribution in [0.5, 0.6) is 0 Å². The molecule has 0 amide bonds. The lowest BCUT2D eigenvalue weighted by Crippen LogP contribution is -2.44. The van der Waals surface area contributed by atoms with Crippen molar-refractivity contribution in [2.75, 3.05) is 0 Å². The van der Waals surface area contributed by atoms with Crippen molar-refractivity contribution in [2.24, 2.45) is 0 Å². The van der Waals surface area contributed by atoms with Gasteiger partial charge in [0, 0.05) is 6.10 Å². The maximum Gasteiger partial charge on any atom is 0.486 e. The van der Waals surface area contributed by atoms with Crippen molar-refractivity contribution >= 4 is 7.12 Å². The van der Waals surface area contributed by atoms with Gasteiger partial charge in [-0.15, -0.1) is 6.58 Å². The number of hydrogen-bond acceptors (Lipinski definition) is 2. The van der Waals surface area contributed by atoms with Gasteiger partial charge in [-0.1, -0.05) is 5.98 Å². The van der Waals surface area contributed by atoms with E-state index in [1.807, 2.05) is 0 Å². The van der Waals surface area contributed by atoms with E-state index < -0.39 is 0 Å². The topological polar surface area (TPSA) is 18.5 Å². The van der Waals surface area contributed by atoms with Crippen LogP contribution in [0.2, 0.25) is 0 Å². The Morgan fingerprint density at radius 1 is 1.64 bits per heavy atom. The summed E-state index contributed by atoms with van der Waals surface area (Å²) in [7, 11) is -0.228. The monoisotopic (exact) mass is 154 g/mol. The van der Waals surface area contributed by atoms with E-state index in [-0.39, 0.29) is 18.8 Å². The predicted octanol–water partition coefficient (Wildman–Crippen LogP) is 1.80. The third kappa shape index (κ3) is 2.35. The van der Waals surface area contributed by atoms with Gasteiger partial charge in [0.2, 0.25) is 0 Å². The van der Waals surface area contributed by atoms with E-state index in [1.54, 1.807) is 5.98 Å². The Labute approximate surface area is 68.7 Å². The van der Waals surface area contributed by atoms with E-state index in [2.05, 4.69) is 27.4 Å². The zero-order valence-corrected chi connectivity index (χ0v) is 7.46. The maximum atomic E-state index is 5.55.